The van der Waals surface area contributed by atoms with Crippen LogP contribution in [-0.4, -0.2) is 37.0 Å². The van der Waals surface area contributed by atoms with Gasteiger partial charge in [-0.2, -0.15) is 0 Å². The van der Waals surface area contributed by atoms with Crippen LogP contribution in [-0.2, 0) is 13.1 Å². The lowest BCUT2D eigenvalue weighted by molar-refractivity contribution is 0.414. The van der Waals surface area contributed by atoms with Crippen molar-refractivity contribution in [2.75, 3.05) is 21.2 Å². The molecular formula is C20H24N4O. The first-order valence-electron chi connectivity index (χ1n) is 8.31. The van der Waals surface area contributed by atoms with Crippen LogP contribution in [0.2, 0.25) is 0 Å². The van der Waals surface area contributed by atoms with Crippen LogP contribution in [0.25, 0.3) is 10.9 Å². The number of H-pyrrole nitrogens is 1. The number of methoxy groups -OCH3 is 1. The van der Waals surface area contributed by atoms with Gasteiger partial charge < -0.3 is 19.9 Å². The zero-order chi connectivity index (χ0) is 17.6. The van der Waals surface area contributed by atoms with Gasteiger partial charge in [0, 0.05) is 31.9 Å². The summed E-state index contributed by atoms with van der Waals surface area (Å²) in [5, 5.41) is 4.63. The Morgan fingerprint density at radius 2 is 1.92 bits per heavy atom. The third kappa shape index (κ3) is 4.12. The van der Waals surface area contributed by atoms with Crippen LogP contribution in [0.5, 0.6) is 5.75 Å². The van der Waals surface area contributed by atoms with E-state index in [-0.39, 0.29) is 0 Å². The zero-order valence-corrected chi connectivity index (χ0v) is 14.9. The lowest BCUT2D eigenvalue weighted by atomic mass is 10.2. The molecule has 5 heteroatoms. The SMILES string of the molecule is CN=C(NCc1cc2ccccc2[nH]1)N(C)Cc1ccc(OC)cc1. The summed E-state index contributed by atoms with van der Waals surface area (Å²) in [5.74, 6) is 1.72. The molecule has 0 fully saturated rings. The second kappa shape index (κ2) is 7.75. The zero-order valence-electron chi connectivity index (χ0n) is 14.9. The minimum atomic E-state index is 0.703. The Hall–Kier alpha value is -2.95. The summed E-state index contributed by atoms with van der Waals surface area (Å²) < 4.78 is 5.20. The largest absolute Gasteiger partial charge is 0.497 e. The number of nitrogens with zero attached hydrogens (tertiary/aromatic N) is 2. The standard InChI is InChI=1S/C20H24N4O/c1-21-20(24(2)14-15-8-10-18(25-3)11-9-15)22-13-17-12-16-6-4-5-7-19(16)23-17/h4-12,23H,13-14H2,1-3H3,(H,21,22). The fourth-order valence-corrected chi connectivity index (χ4v) is 2.87. The van der Waals surface area contributed by atoms with E-state index in [0.29, 0.717) is 6.54 Å². The molecule has 0 aliphatic carbocycles. The number of aromatic nitrogens is 1. The second-order valence-corrected chi connectivity index (χ2v) is 5.99. The van der Waals surface area contributed by atoms with E-state index in [1.165, 1.54) is 10.9 Å². The van der Waals surface area contributed by atoms with Gasteiger partial charge in [-0.05, 0) is 35.2 Å². The minimum Gasteiger partial charge on any atom is -0.497 e. The van der Waals surface area contributed by atoms with Crippen LogP contribution in [0.15, 0.2) is 59.6 Å². The average Bonchev–Trinajstić information content (AvgIpc) is 3.05. The van der Waals surface area contributed by atoms with Gasteiger partial charge in [-0.15, -0.1) is 0 Å². The normalized spacial score (nSPS) is 11.6. The molecule has 3 aromatic rings. The first-order valence-corrected chi connectivity index (χ1v) is 8.31. The van der Waals surface area contributed by atoms with Crippen LogP contribution in [0, 0.1) is 0 Å². The predicted octanol–water partition coefficient (Wildman–Crippen LogP) is 3.38. The van der Waals surface area contributed by atoms with E-state index in [4.69, 9.17) is 4.74 Å². The third-order valence-electron chi connectivity index (χ3n) is 4.17. The van der Waals surface area contributed by atoms with Gasteiger partial charge in [-0.1, -0.05) is 30.3 Å². The highest BCUT2D eigenvalue weighted by molar-refractivity contribution is 5.81. The molecule has 0 unspecified atom stereocenters. The van der Waals surface area contributed by atoms with Crippen LogP contribution >= 0.6 is 0 Å². The summed E-state index contributed by atoms with van der Waals surface area (Å²) in [6.07, 6.45) is 0. The van der Waals surface area contributed by atoms with Crippen molar-refractivity contribution in [2.45, 2.75) is 13.1 Å². The van der Waals surface area contributed by atoms with Crippen LogP contribution in [0.3, 0.4) is 0 Å². The van der Waals surface area contributed by atoms with Crippen molar-refractivity contribution in [3.8, 4) is 5.75 Å². The molecule has 130 valence electrons. The van der Waals surface area contributed by atoms with Crippen LogP contribution in [0.4, 0.5) is 0 Å². The molecule has 0 atom stereocenters. The predicted molar refractivity (Wildman–Crippen MR) is 103 cm³/mol. The first kappa shape index (κ1) is 16.9. The van der Waals surface area contributed by atoms with Crippen molar-refractivity contribution >= 4 is 16.9 Å². The molecule has 0 saturated heterocycles. The van der Waals surface area contributed by atoms with Gasteiger partial charge >= 0.3 is 0 Å². The van der Waals surface area contributed by atoms with E-state index in [9.17, 15) is 0 Å². The second-order valence-electron chi connectivity index (χ2n) is 5.99. The summed E-state index contributed by atoms with van der Waals surface area (Å²) >= 11 is 0. The molecule has 2 N–H and O–H groups in total. The van der Waals surface area contributed by atoms with Crippen molar-refractivity contribution in [3.63, 3.8) is 0 Å². The fourth-order valence-electron chi connectivity index (χ4n) is 2.87. The summed E-state index contributed by atoms with van der Waals surface area (Å²) in [6, 6.07) is 18.5. The molecule has 0 saturated carbocycles. The lowest BCUT2D eigenvalue weighted by Crippen LogP contribution is -2.38. The van der Waals surface area contributed by atoms with Gasteiger partial charge in [-0.3, -0.25) is 4.99 Å². The van der Waals surface area contributed by atoms with E-state index in [1.54, 1.807) is 14.2 Å². The molecule has 1 heterocycles. The van der Waals surface area contributed by atoms with E-state index >= 15 is 0 Å². The Morgan fingerprint density at radius 1 is 1.16 bits per heavy atom. The van der Waals surface area contributed by atoms with Crippen molar-refractivity contribution in [3.05, 3.63) is 65.9 Å². The summed E-state index contributed by atoms with van der Waals surface area (Å²) in [7, 11) is 5.51. The van der Waals surface area contributed by atoms with Crippen LogP contribution in [0.1, 0.15) is 11.3 Å². The lowest BCUT2D eigenvalue weighted by Gasteiger charge is -2.22. The molecule has 0 amide bonds. The molecule has 0 aliphatic rings. The highest BCUT2D eigenvalue weighted by atomic mass is 16.5. The molecule has 0 aliphatic heterocycles. The molecule has 25 heavy (non-hydrogen) atoms. The number of nitrogens with one attached hydrogen (secondary N) is 2. The molecule has 1 aromatic heterocycles. The number of aromatic amines is 1. The van der Waals surface area contributed by atoms with Gasteiger partial charge in [0.25, 0.3) is 0 Å². The van der Waals surface area contributed by atoms with Crippen molar-refractivity contribution < 1.29 is 4.74 Å². The molecule has 5 nitrogen and oxygen atoms in total. The van der Waals surface area contributed by atoms with Gasteiger partial charge in [0.1, 0.15) is 5.75 Å². The first-order chi connectivity index (χ1) is 12.2. The highest BCUT2D eigenvalue weighted by Crippen LogP contribution is 2.15. The van der Waals surface area contributed by atoms with Crippen molar-refractivity contribution in [1.82, 2.24) is 15.2 Å². The molecule has 0 bridgehead atoms. The van der Waals surface area contributed by atoms with Gasteiger partial charge in [0.15, 0.2) is 5.96 Å². The van der Waals surface area contributed by atoms with E-state index < -0.39 is 0 Å². The number of guanidine groups is 1. The number of ether oxygens (including phenoxy) is 1. The van der Waals surface area contributed by atoms with Gasteiger partial charge in [0.2, 0.25) is 0 Å². The highest BCUT2D eigenvalue weighted by Gasteiger charge is 2.08. The Kier molecular flexibility index (Phi) is 5.23. The smallest absolute Gasteiger partial charge is 0.194 e. The van der Waals surface area contributed by atoms with E-state index in [0.717, 1.165) is 29.5 Å². The third-order valence-corrected chi connectivity index (χ3v) is 4.17. The van der Waals surface area contributed by atoms with E-state index in [1.807, 2.05) is 25.2 Å². The monoisotopic (exact) mass is 336 g/mol. The molecule has 2 aromatic carbocycles. The minimum absolute atomic E-state index is 0.703. The number of benzene rings is 2. The number of rotatable bonds is 5. The average molecular weight is 336 g/mol. The van der Waals surface area contributed by atoms with Crippen LogP contribution < -0.4 is 10.1 Å². The Bertz CT molecular complexity index is 819. The number of aliphatic imine (C=N–C) groups is 1. The topological polar surface area (TPSA) is 52.7 Å². The maximum atomic E-state index is 5.20. The summed E-state index contributed by atoms with van der Waals surface area (Å²) in [5.41, 5.74) is 3.50. The maximum Gasteiger partial charge on any atom is 0.194 e. The van der Waals surface area contributed by atoms with Gasteiger partial charge in [0.05, 0.1) is 13.7 Å². The number of hydrogen-bond acceptors (Lipinski definition) is 2. The molecule has 0 radical (unpaired) electrons. The summed E-state index contributed by atoms with van der Waals surface area (Å²) in [4.78, 5) is 9.91. The molecule has 3 rings (SSSR count). The quantitative estimate of drug-likeness (QED) is 0.555. The maximum absolute atomic E-state index is 5.20. The van der Waals surface area contributed by atoms with Crippen molar-refractivity contribution in [1.29, 1.82) is 0 Å². The molecule has 0 spiro atoms. The Labute approximate surface area is 148 Å². The van der Waals surface area contributed by atoms with Gasteiger partial charge in [-0.25, -0.2) is 0 Å². The Balaban J connectivity index is 1.61. The van der Waals surface area contributed by atoms with E-state index in [2.05, 4.69) is 56.6 Å². The number of hydrogen-bond donors (Lipinski definition) is 2. The number of fused-ring (bicyclic) bond motifs is 1. The molecular weight excluding hydrogens is 312 g/mol. The number of para-hydroxylation sites is 1. The summed E-state index contributed by atoms with van der Waals surface area (Å²) in [6.45, 7) is 1.48. The Morgan fingerprint density at radius 3 is 2.60 bits per heavy atom. The fraction of sp³-hybridized carbons (Fsp3) is 0.250. The van der Waals surface area contributed by atoms with Crippen molar-refractivity contribution in [2.24, 2.45) is 4.99 Å².